The van der Waals surface area contributed by atoms with Crippen molar-refractivity contribution in [1.29, 1.82) is 5.41 Å². The molecule has 0 bridgehead atoms. The van der Waals surface area contributed by atoms with Gasteiger partial charge in [0.15, 0.2) is 0 Å². The van der Waals surface area contributed by atoms with Gasteiger partial charge in [-0.25, -0.2) is 0 Å². The summed E-state index contributed by atoms with van der Waals surface area (Å²) in [5, 5.41) is 6.35. The van der Waals surface area contributed by atoms with E-state index in [2.05, 4.69) is 5.73 Å². The molecule has 0 saturated carbocycles. The van der Waals surface area contributed by atoms with E-state index < -0.39 is 0 Å². The fraction of sp³-hybridized carbons (Fsp3) is 0. The van der Waals surface area contributed by atoms with E-state index in [9.17, 15) is 4.57 Å². The van der Waals surface area contributed by atoms with E-state index in [0.717, 1.165) is 0 Å². The molecule has 0 unspecified atom stereocenters. The van der Waals surface area contributed by atoms with Crippen LogP contribution in [0.3, 0.4) is 0 Å². The molecule has 0 aromatic carbocycles. The van der Waals surface area contributed by atoms with E-state index in [1.807, 2.05) is 5.63 Å². The van der Waals surface area contributed by atoms with Crippen molar-refractivity contribution in [3.63, 3.8) is 0 Å². The molecule has 0 aliphatic heterocycles. The summed E-state index contributed by atoms with van der Waals surface area (Å²) in [6.45, 7) is 0. The van der Waals surface area contributed by atoms with Gasteiger partial charge in [-0.2, -0.15) is 0 Å². The first kappa shape index (κ1) is 5.48. The average molecular weight is 102 g/mol. The summed E-state index contributed by atoms with van der Waals surface area (Å²) in [4.78, 5) is 0. The van der Waals surface area contributed by atoms with Gasteiger partial charge in [-0.1, -0.05) is 0 Å². The quantitative estimate of drug-likeness (QED) is 0.260. The van der Waals surface area contributed by atoms with E-state index in [-0.39, 0.29) is 13.8 Å². The summed E-state index contributed by atoms with van der Waals surface area (Å²) < 4.78 is 9.38. The predicted molar refractivity (Wildman–Crippen MR) is 23.4 cm³/mol. The molecule has 0 aromatic rings. The molecular weight excluding hydrogens is 99.0 g/mol. The van der Waals surface area contributed by atoms with Gasteiger partial charge in [-0.05, 0) is 0 Å². The zero-order valence-corrected chi connectivity index (χ0v) is 3.83. The van der Waals surface area contributed by atoms with Crippen molar-refractivity contribution in [2.24, 2.45) is 5.73 Å². The van der Waals surface area contributed by atoms with Gasteiger partial charge < -0.3 is 0 Å². The fourth-order valence-electron chi connectivity index (χ4n) is 0.0492. The van der Waals surface area contributed by atoms with Gasteiger partial charge in [0, 0.05) is 0 Å². The van der Waals surface area contributed by atoms with Gasteiger partial charge >= 0.3 is 35.1 Å². The molecule has 0 heterocycles. The predicted octanol–water partition coefficient (Wildman–Crippen LogP) is 0.173. The minimum atomic E-state index is -0.326. The van der Waals surface area contributed by atoms with Crippen LogP contribution in [0.15, 0.2) is 0 Å². The molecule has 0 radical (unpaired) electrons. The maximum atomic E-state index is 9.38. The summed E-state index contributed by atoms with van der Waals surface area (Å²) in [6.07, 6.45) is 0. The number of amidine groups is 1. The number of rotatable bonds is 0. The third kappa shape index (κ3) is 3.48. The molecule has 0 fully saturated rings. The Morgan fingerprint density at radius 3 is 2.50 bits per heavy atom. The molecule has 0 aliphatic rings. The van der Waals surface area contributed by atoms with Crippen LogP contribution in [0.25, 0.3) is 0 Å². The number of nitrogens with two attached hydrogens (primary N) is 1. The molecule has 0 aromatic heterocycles. The summed E-state index contributed by atoms with van der Waals surface area (Å²) >= 11 is 0. The standard InChI is InChI=1S/C2H3N2OP/c3-2(4)1-6-5/h(H3,3,4). The fourth-order valence-corrected chi connectivity index (χ4v) is 0.148. The van der Waals surface area contributed by atoms with Crippen LogP contribution in [-0.4, -0.2) is 5.84 Å². The van der Waals surface area contributed by atoms with Crippen LogP contribution < -0.4 is 5.73 Å². The van der Waals surface area contributed by atoms with E-state index in [0.29, 0.717) is 0 Å². The normalized spacial score (nSPS) is 6.00. The second kappa shape index (κ2) is 2.70. The molecule has 3 nitrogen and oxygen atoms in total. The Morgan fingerprint density at radius 1 is 2.00 bits per heavy atom. The minimum absolute atomic E-state index is 0.285. The van der Waals surface area contributed by atoms with E-state index >= 15 is 0 Å². The summed E-state index contributed by atoms with van der Waals surface area (Å²) in [6, 6.07) is 0. The van der Waals surface area contributed by atoms with Gasteiger partial charge in [-0.3, -0.25) is 0 Å². The Kier molecular flexibility index (Phi) is 2.47. The van der Waals surface area contributed by atoms with Crippen molar-refractivity contribution in [2.75, 3.05) is 0 Å². The summed E-state index contributed by atoms with van der Waals surface area (Å²) in [5.41, 5.74) is 6.65. The third-order valence-corrected chi connectivity index (χ3v) is 0.498. The van der Waals surface area contributed by atoms with Crippen LogP contribution >= 0.6 is 7.92 Å². The van der Waals surface area contributed by atoms with Crippen molar-refractivity contribution in [3.05, 3.63) is 0 Å². The van der Waals surface area contributed by atoms with Gasteiger partial charge in [0.2, 0.25) is 0 Å². The van der Waals surface area contributed by atoms with Crippen molar-refractivity contribution < 1.29 is 4.57 Å². The number of nitrogens with one attached hydrogen (secondary N) is 1. The number of hydrogen-bond donors (Lipinski definition) is 2. The maximum absolute atomic E-state index is 9.38. The molecule has 6 heavy (non-hydrogen) atoms. The number of hydrogen-bond acceptors (Lipinski definition) is 2. The Morgan fingerprint density at radius 2 is 2.50 bits per heavy atom. The second-order valence-corrected chi connectivity index (χ2v) is 1.02. The first-order valence-electron chi connectivity index (χ1n) is 1.19. The van der Waals surface area contributed by atoms with Crippen molar-refractivity contribution >= 4 is 13.8 Å². The van der Waals surface area contributed by atoms with E-state index in [4.69, 9.17) is 5.41 Å². The van der Waals surface area contributed by atoms with Crippen molar-refractivity contribution in [1.82, 2.24) is 0 Å². The third-order valence-electron chi connectivity index (χ3n) is 0.166. The van der Waals surface area contributed by atoms with Gasteiger partial charge in [0.25, 0.3) is 0 Å². The Labute approximate surface area is 36.2 Å². The molecule has 0 atom stereocenters. The van der Waals surface area contributed by atoms with Gasteiger partial charge in [0.05, 0.1) is 0 Å². The monoisotopic (exact) mass is 102 g/mol. The SMILES string of the molecule is N=C(N)C#P=O. The van der Waals surface area contributed by atoms with Crippen LogP contribution in [0.1, 0.15) is 0 Å². The van der Waals surface area contributed by atoms with Gasteiger partial charge in [-0.15, -0.1) is 0 Å². The van der Waals surface area contributed by atoms with Crippen LogP contribution in [0.4, 0.5) is 0 Å². The Balaban J connectivity index is 3.84. The van der Waals surface area contributed by atoms with Crippen LogP contribution in [0.2, 0.25) is 0 Å². The zero-order chi connectivity index (χ0) is 4.99. The van der Waals surface area contributed by atoms with Crippen molar-refractivity contribution in [3.8, 4) is 5.63 Å². The molecular formula is C2H3N2OP. The Bertz CT molecular complexity index is 144. The van der Waals surface area contributed by atoms with Crippen molar-refractivity contribution in [2.45, 2.75) is 0 Å². The average Bonchev–Trinajstić information content (AvgIpc) is 1.35. The van der Waals surface area contributed by atoms with E-state index in [1.54, 1.807) is 0 Å². The first-order valence-corrected chi connectivity index (χ1v) is 2.01. The molecule has 0 aliphatic carbocycles. The van der Waals surface area contributed by atoms with Crippen LogP contribution in [0, 0.1) is 11.0 Å². The molecule has 0 spiro atoms. The van der Waals surface area contributed by atoms with E-state index in [1.165, 1.54) is 0 Å². The van der Waals surface area contributed by atoms with Gasteiger partial charge in [0.1, 0.15) is 0 Å². The summed E-state index contributed by atoms with van der Waals surface area (Å²) in [7, 11) is -0.326. The molecule has 0 saturated heterocycles. The topological polar surface area (TPSA) is 66.9 Å². The molecule has 0 rings (SSSR count). The summed E-state index contributed by atoms with van der Waals surface area (Å²) in [5.74, 6) is -0.285. The molecule has 0 amide bonds. The molecule has 4 heteroatoms. The molecule has 3 N–H and O–H groups in total. The van der Waals surface area contributed by atoms with Crippen LogP contribution in [0.5, 0.6) is 0 Å². The first-order chi connectivity index (χ1) is 2.77. The molecule has 32 valence electrons. The van der Waals surface area contributed by atoms with Crippen LogP contribution in [-0.2, 0) is 4.57 Å². The zero-order valence-electron chi connectivity index (χ0n) is 2.93. The second-order valence-electron chi connectivity index (χ2n) is 0.617. The Hall–Kier alpha value is -0.520.